The molecule has 2 rings (SSSR count). The van der Waals surface area contributed by atoms with Crippen LogP contribution < -0.4 is 0 Å². The van der Waals surface area contributed by atoms with Gasteiger partial charge in [0.1, 0.15) is 0 Å². The number of fused-ring (bicyclic) bond motifs is 1. The van der Waals surface area contributed by atoms with Crippen molar-refractivity contribution in [3.63, 3.8) is 0 Å². The molecule has 0 saturated carbocycles. The molecule has 18 heavy (non-hydrogen) atoms. The van der Waals surface area contributed by atoms with Crippen LogP contribution in [0.5, 0.6) is 0 Å². The van der Waals surface area contributed by atoms with Crippen LogP contribution in [-0.2, 0) is 20.3 Å². The molecule has 1 unspecified atom stereocenters. The largest absolute Gasteiger partial charge is 0.461 e. The van der Waals surface area contributed by atoms with Gasteiger partial charge in [-0.25, -0.2) is 8.42 Å². The number of unbranched alkanes of at least 4 members (excludes halogenated alkanes) is 1. The third kappa shape index (κ3) is 1.72. The molecule has 0 radical (unpaired) electrons. The normalized spacial score (nSPS) is 25.1. The SMILES string of the molecule is CCCCC1(C)c2coc(C(C)=O)c2CS1(=O)=O. The molecule has 0 amide bonds. The predicted molar refractivity (Wildman–Crippen MR) is 68.2 cm³/mol. The van der Waals surface area contributed by atoms with E-state index in [9.17, 15) is 13.2 Å². The fraction of sp³-hybridized carbons (Fsp3) is 0.615. The van der Waals surface area contributed by atoms with Crippen LogP contribution in [0.1, 0.15) is 61.7 Å². The highest BCUT2D eigenvalue weighted by atomic mass is 32.2. The summed E-state index contributed by atoms with van der Waals surface area (Å²) in [7, 11) is -3.24. The maximum atomic E-state index is 12.3. The van der Waals surface area contributed by atoms with Gasteiger partial charge < -0.3 is 4.42 Å². The van der Waals surface area contributed by atoms with E-state index in [-0.39, 0.29) is 17.3 Å². The molecular formula is C13H18O4S. The molecule has 0 spiro atoms. The zero-order valence-corrected chi connectivity index (χ0v) is 11.8. The molecule has 0 aliphatic carbocycles. The molecule has 2 heterocycles. The van der Waals surface area contributed by atoms with Crippen molar-refractivity contribution in [3.05, 3.63) is 23.2 Å². The Morgan fingerprint density at radius 1 is 1.50 bits per heavy atom. The van der Waals surface area contributed by atoms with Crippen LogP contribution in [0.3, 0.4) is 0 Å². The average molecular weight is 270 g/mol. The van der Waals surface area contributed by atoms with Gasteiger partial charge in [0.15, 0.2) is 21.4 Å². The second kappa shape index (κ2) is 4.23. The second-order valence-electron chi connectivity index (χ2n) is 5.11. The molecular weight excluding hydrogens is 252 g/mol. The highest BCUT2D eigenvalue weighted by molar-refractivity contribution is 7.91. The van der Waals surface area contributed by atoms with E-state index in [1.807, 2.05) is 6.92 Å². The maximum Gasteiger partial charge on any atom is 0.195 e. The van der Waals surface area contributed by atoms with E-state index in [1.165, 1.54) is 13.2 Å². The fourth-order valence-corrected chi connectivity index (χ4v) is 4.53. The van der Waals surface area contributed by atoms with Crippen LogP contribution in [0.2, 0.25) is 0 Å². The number of carbonyl (C=O) groups excluding carboxylic acids is 1. The predicted octanol–water partition coefficient (Wildman–Crippen LogP) is 2.82. The first kappa shape index (κ1) is 13.3. The Labute approximate surface area is 107 Å². The Morgan fingerprint density at radius 3 is 2.72 bits per heavy atom. The molecule has 1 aliphatic rings. The summed E-state index contributed by atoms with van der Waals surface area (Å²) >= 11 is 0. The van der Waals surface area contributed by atoms with E-state index < -0.39 is 14.6 Å². The topological polar surface area (TPSA) is 64.3 Å². The molecule has 1 aromatic heterocycles. The van der Waals surface area contributed by atoms with Gasteiger partial charge in [-0.15, -0.1) is 0 Å². The lowest BCUT2D eigenvalue weighted by Crippen LogP contribution is -2.28. The molecule has 0 bridgehead atoms. The Balaban J connectivity index is 2.53. The van der Waals surface area contributed by atoms with E-state index in [0.29, 0.717) is 17.5 Å². The van der Waals surface area contributed by atoms with Gasteiger partial charge in [-0.2, -0.15) is 0 Å². The summed E-state index contributed by atoms with van der Waals surface area (Å²) < 4.78 is 29.0. The molecule has 0 saturated heterocycles. The average Bonchev–Trinajstić information content (AvgIpc) is 2.75. The van der Waals surface area contributed by atoms with Crippen LogP contribution >= 0.6 is 0 Å². The van der Waals surface area contributed by atoms with Gasteiger partial charge in [0.2, 0.25) is 0 Å². The number of hydrogen-bond acceptors (Lipinski definition) is 4. The first-order chi connectivity index (χ1) is 8.33. The van der Waals surface area contributed by atoms with Crippen LogP contribution in [0.15, 0.2) is 10.7 Å². The van der Waals surface area contributed by atoms with Gasteiger partial charge >= 0.3 is 0 Å². The molecule has 100 valence electrons. The lowest BCUT2D eigenvalue weighted by atomic mass is 9.93. The molecule has 0 N–H and O–H groups in total. The number of carbonyl (C=O) groups is 1. The zero-order valence-electron chi connectivity index (χ0n) is 10.9. The van der Waals surface area contributed by atoms with Gasteiger partial charge in [0, 0.05) is 18.1 Å². The Kier molecular flexibility index (Phi) is 3.13. The summed E-state index contributed by atoms with van der Waals surface area (Å²) in [4.78, 5) is 11.4. The minimum Gasteiger partial charge on any atom is -0.461 e. The summed E-state index contributed by atoms with van der Waals surface area (Å²) in [5, 5.41) is 0. The van der Waals surface area contributed by atoms with Gasteiger partial charge in [-0.05, 0) is 13.3 Å². The number of sulfone groups is 1. The van der Waals surface area contributed by atoms with Gasteiger partial charge in [0.25, 0.3) is 0 Å². The third-order valence-corrected chi connectivity index (χ3v) is 6.28. The van der Waals surface area contributed by atoms with Gasteiger partial charge in [0.05, 0.1) is 16.8 Å². The van der Waals surface area contributed by atoms with E-state index >= 15 is 0 Å². The molecule has 1 aromatic rings. The Bertz CT molecular complexity index is 582. The monoisotopic (exact) mass is 270 g/mol. The minimum atomic E-state index is -3.24. The Morgan fingerprint density at radius 2 is 2.17 bits per heavy atom. The Hall–Kier alpha value is -1.10. The first-order valence-electron chi connectivity index (χ1n) is 6.17. The maximum absolute atomic E-state index is 12.3. The lowest BCUT2D eigenvalue weighted by molar-refractivity contribution is 0.0986. The highest BCUT2D eigenvalue weighted by Gasteiger charge is 2.50. The fourth-order valence-electron chi connectivity index (χ4n) is 2.59. The molecule has 4 nitrogen and oxygen atoms in total. The van der Waals surface area contributed by atoms with Crippen molar-refractivity contribution < 1.29 is 17.6 Å². The van der Waals surface area contributed by atoms with Crippen molar-refractivity contribution in [1.82, 2.24) is 0 Å². The van der Waals surface area contributed by atoms with Crippen LogP contribution in [-0.4, -0.2) is 14.2 Å². The number of ketones is 1. The lowest BCUT2D eigenvalue weighted by Gasteiger charge is -2.22. The van der Waals surface area contributed by atoms with Crippen molar-refractivity contribution in [2.24, 2.45) is 0 Å². The van der Waals surface area contributed by atoms with E-state index in [0.717, 1.165) is 12.8 Å². The number of rotatable bonds is 4. The van der Waals surface area contributed by atoms with Crippen molar-refractivity contribution in [1.29, 1.82) is 0 Å². The third-order valence-electron chi connectivity index (χ3n) is 3.81. The smallest absolute Gasteiger partial charge is 0.195 e. The molecule has 0 fully saturated rings. The van der Waals surface area contributed by atoms with E-state index in [2.05, 4.69) is 0 Å². The van der Waals surface area contributed by atoms with E-state index in [4.69, 9.17) is 4.42 Å². The molecule has 1 atom stereocenters. The van der Waals surface area contributed by atoms with Crippen LogP contribution in [0, 0.1) is 0 Å². The number of Topliss-reactive ketones (excluding diaryl/α,β-unsaturated/α-hetero) is 1. The van der Waals surface area contributed by atoms with Crippen LogP contribution in [0.4, 0.5) is 0 Å². The summed E-state index contributed by atoms with van der Waals surface area (Å²) in [6, 6.07) is 0. The van der Waals surface area contributed by atoms with E-state index in [1.54, 1.807) is 6.92 Å². The minimum absolute atomic E-state index is 0.0754. The number of furan rings is 1. The van der Waals surface area contributed by atoms with Crippen molar-refractivity contribution in [3.8, 4) is 0 Å². The van der Waals surface area contributed by atoms with Gasteiger partial charge in [-0.1, -0.05) is 19.8 Å². The summed E-state index contributed by atoms with van der Waals surface area (Å²) in [6.07, 6.45) is 3.82. The molecule has 0 aromatic carbocycles. The summed E-state index contributed by atoms with van der Waals surface area (Å²) in [5.74, 6) is -0.0893. The summed E-state index contributed by atoms with van der Waals surface area (Å²) in [6.45, 7) is 5.17. The first-order valence-corrected chi connectivity index (χ1v) is 7.83. The quantitative estimate of drug-likeness (QED) is 0.789. The second-order valence-corrected chi connectivity index (χ2v) is 7.53. The van der Waals surface area contributed by atoms with Crippen molar-refractivity contribution in [2.45, 2.75) is 50.5 Å². The zero-order chi connectivity index (χ0) is 13.6. The molecule has 5 heteroatoms. The summed E-state index contributed by atoms with van der Waals surface area (Å²) in [5.41, 5.74) is 1.25. The van der Waals surface area contributed by atoms with Crippen molar-refractivity contribution >= 4 is 15.6 Å². The standard InChI is InChI=1S/C13H18O4S/c1-4-5-6-13(3)11-7-17-12(9(2)14)10(11)8-18(13,15)16/h7H,4-6,8H2,1-3H3. The highest BCUT2D eigenvalue weighted by Crippen LogP contribution is 2.47. The van der Waals surface area contributed by atoms with Crippen LogP contribution in [0.25, 0.3) is 0 Å². The van der Waals surface area contributed by atoms with Crippen molar-refractivity contribution in [2.75, 3.05) is 0 Å². The molecule has 1 aliphatic heterocycles. The van der Waals surface area contributed by atoms with Gasteiger partial charge in [-0.3, -0.25) is 4.79 Å². The number of hydrogen-bond donors (Lipinski definition) is 0.